The van der Waals surface area contributed by atoms with E-state index in [0.717, 1.165) is 11.3 Å². The van der Waals surface area contributed by atoms with E-state index in [1.165, 1.54) is 12.1 Å². The van der Waals surface area contributed by atoms with Gasteiger partial charge in [0.2, 0.25) is 0 Å². The topological polar surface area (TPSA) is 101 Å². The maximum absolute atomic E-state index is 12.1. The van der Waals surface area contributed by atoms with Crippen molar-refractivity contribution in [2.45, 2.75) is 24.9 Å². The van der Waals surface area contributed by atoms with E-state index in [0.29, 0.717) is 11.3 Å². The Kier molecular flexibility index (Phi) is 5.40. The van der Waals surface area contributed by atoms with Gasteiger partial charge < -0.3 is 10.4 Å². The molecular weight excluding hydrogens is 350 g/mol. The van der Waals surface area contributed by atoms with Crippen LogP contribution in [-0.2, 0) is 15.6 Å². The van der Waals surface area contributed by atoms with Gasteiger partial charge in [0.25, 0.3) is 5.91 Å². The first kappa shape index (κ1) is 18.2. The van der Waals surface area contributed by atoms with Crippen LogP contribution in [0.1, 0.15) is 38.8 Å². The molecule has 1 heterocycles. The van der Waals surface area contributed by atoms with Crippen molar-refractivity contribution in [3.63, 3.8) is 0 Å². The number of benzene rings is 1. The summed E-state index contributed by atoms with van der Waals surface area (Å²) in [6.45, 7) is 3.25. The van der Waals surface area contributed by atoms with Gasteiger partial charge in [0.1, 0.15) is 4.88 Å². The van der Waals surface area contributed by atoms with Gasteiger partial charge >= 0.3 is 5.97 Å². The highest BCUT2D eigenvalue weighted by atomic mass is 32.2. The standard InChI is InChI=1S/C16H17NO5S2/c1-10(2)24(21,22)9-11-4-3-5-12(8-11)17-15(18)13-6-7-14(23-13)16(19)20/h3-8,10H,9H2,1-2H3,(H,17,18)(H,19,20). The van der Waals surface area contributed by atoms with Gasteiger partial charge in [-0.15, -0.1) is 11.3 Å². The molecule has 0 aliphatic rings. The highest BCUT2D eigenvalue weighted by Gasteiger charge is 2.17. The van der Waals surface area contributed by atoms with Gasteiger partial charge in [0.15, 0.2) is 9.84 Å². The second kappa shape index (κ2) is 7.14. The number of rotatable bonds is 6. The fourth-order valence-electron chi connectivity index (χ4n) is 1.91. The van der Waals surface area contributed by atoms with Crippen LogP contribution in [-0.4, -0.2) is 30.7 Å². The van der Waals surface area contributed by atoms with Crippen molar-refractivity contribution in [2.75, 3.05) is 5.32 Å². The fourth-order valence-corrected chi connectivity index (χ4v) is 3.62. The predicted octanol–water partition coefficient (Wildman–Crippen LogP) is 3.02. The largest absolute Gasteiger partial charge is 0.477 e. The second-order valence-electron chi connectivity index (χ2n) is 5.48. The third kappa shape index (κ3) is 4.42. The van der Waals surface area contributed by atoms with E-state index in [4.69, 9.17) is 5.11 Å². The molecule has 1 aromatic carbocycles. The van der Waals surface area contributed by atoms with Crippen LogP contribution in [0, 0.1) is 0 Å². The van der Waals surface area contributed by atoms with Crippen molar-refractivity contribution in [2.24, 2.45) is 0 Å². The fraction of sp³-hybridized carbons (Fsp3) is 0.250. The molecule has 2 rings (SSSR count). The summed E-state index contributed by atoms with van der Waals surface area (Å²) in [5, 5.41) is 11.1. The molecule has 24 heavy (non-hydrogen) atoms. The van der Waals surface area contributed by atoms with Crippen molar-refractivity contribution < 1.29 is 23.1 Å². The summed E-state index contributed by atoms with van der Waals surface area (Å²) in [5.41, 5.74) is 1.04. The molecule has 0 spiro atoms. The van der Waals surface area contributed by atoms with Crippen LogP contribution in [0.5, 0.6) is 0 Å². The van der Waals surface area contributed by atoms with Gasteiger partial charge in [-0.3, -0.25) is 4.79 Å². The Bertz CT molecular complexity index is 868. The Labute approximate surface area is 144 Å². The van der Waals surface area contributed by atoms with E-state index in [9.17, 15) is 18.0 Å². The van der Waals surface area contributed by atoms with Crippen molar-refractivity contribution in [1.29, 1.82) is 0 Å². The van der Waals surface area contributed by atoms with Gasteiger partial charge in [0.05, 0.1) is 15.9 Å². The number of carbonyl (C=O) groups is 2. The van der Waals surface area contributed by atoms with Crippen molar-refractivity contribution in [3.8, 4) is 0 Å². The highest BCUT2D eigenvalue weighted by molar-refractivity contribution is 7.91. The van der Waals surface area contributed by atoms with Gasteiger partial charge in [-0.1, -0.05) is 12.1 Å². The van der Waals surface area contributed by atoms with Crippen LogP contribution < -0.4 is 5.32 Å². The molecule has 0 atom stereocenters. The zero-order valence-electron chi connectivity index (χ0n) is 13.1. The van der Waals surface area contributed by atoms with Gasteiger partial charge in [-0.25, -0.2) is 13.2 Å². The molecule has 0 aliphatic heterocycles. The maximum atomic E-state index is 12.1. The van der Waals surface area contributed by atoms with Crippen LogP contribution in [0.4, 0.5) is 5.69 Å². The molecule has 2 aromatic rings. The zero-order valence-corrected chi connectivity index (χ0v) is 14.8. The predicted molar refractivity (Wildman–Crippen MR) is 93.4 cm³/mol. The van der Waals surface area contributed by atoms with Crippen molar-refractivity contribution in [3.05, 3.63) is 51.7 Å². The number of carboxylic acid groups (broad SMARTS) is 1. The molecule has 0 bridgehead atoms. The lowest BCUT2D eigenvalue weighted by Gasteiger charge is -2.09. The lowest BCUT2D eigenvalue weighted by molar-refractivity contribution is 0.0702. The normalized spacial score (nSPS) is 11.5. The minimum Gasteiger partial charge on any atom is -0.477 e. The first-order valence-corrected chi connectivity index (χ1v) is 9.67. The molecule has 0 unspecified atom stereocenters. The zero-order chi connectivity index (χ0) is 17.9. The van der Waals surface area contributed by atoms with Gasteiger partial charge in [-0.05, 0) is 43.7 Å². The number of sulfone groups is 1. The smallest absolute Gasteiger partial charge is 0.345 e. The molecule has 8 heteroatoms. The van der Waals surface area contributed by atoms with Gasteiger partial charge in [0, 0.05) is 5.69 Å². The number of aromatic carboxylic acids is 1. The molecule has 1 amide bonds. The number of amides is 1. The maximum Gasteiger partial charge on any atom is 0.345 e. The van der Waals surface area contributed by atoms with Crippen molar-refractivity contribution >= 4 is 38.7 Å². The molecule has 0 radical (unpaired) electrons. The average Bonchev–Trinajstić information content (AvgIpc) is 2.97. The Morgan fingerprint density at radius 1 is 1.17 bits per heavy atom. The quantitative estimate of drug-likeness (QED) is 0.817. The summed E-state index contributed by atoms with van der Waals surface area (Å²) in [6, 6.07) is 9.41. The third-order valence-electron chi connectivity index (χ3n) is 3.31. The van der Waals surface area contributed by atoms with Crippen LogP contribution in [0.3, 0.4) is 0 Å². The third-order valence-corrected chi connectivity index (χ3v) is 6.56. The van der Waals surface area contributed by atoms with E-state index >= 15 is 0 Å². The molecular formula is C16H17NO5S2. The number of hydrogen-bond donors (Lipinski definition) is 2. The van der Waals surface area contributed by atoms with E-state index < -0.39 is 27.0 Å². The monoisotopic (exact) mass is 367 g/mol. The Morgan fingerprint density at radius 3 is 2.42 bits per heavy atom. The van der Waals surface area contributed by atoms with Crippen molar-refractivity contribution in [1.82, 2.24) is 0 Å². The summed E-state index contributed by atoms with van der Waals surface area (Å²) >= 11 is 0.879. The number of carbonyl (C=O) groups excluding carboxylic acids is 1. The first-order chi connectivity index (χ1) is 11.2. The highest BCUT2D eigenvalue weighted by Crippen LogP contribution is 2.20. The number of nitrogens with one attached hydrogen (secondary N) is 1. The van der Waals surface area contributed by atoms with Crippen LogP contribution in [0.2, 0.25) is 0 Å². The molecule has 1 aromatic heterocycles. The first-order valence-electron chi connectivity index (χ1n) is 7.14. The van der Waals surface area contributed by atoms with Crippen LogP contribution in [0.25, 0.3) is 0 Å². The summed E-state index contributed by atoms with van der Waals surface area (Å²) in [7, 11) is -3.23. The second-order valence-corrected chi connectivity index (χ2v) is 9.12. The number of hydrogen-bond acceptors (Lipinski definition) is 5. The Morgan fingerprint density at radius 2 is 1.83 bits per heavy atom. The van der Waals surface area contributed by atoms with Crippen LogP contribution >= 0.6 is 11.3 Å². The van der Waals surface area contributed by atoms with Crippen LogP contribution in [0.15, 0.2) is 36.4 Å². The van der Waals surface area contributed by atoms with E-state index in [1.807, 2.05) is 0 Å². The van der Waals surface area contributed by atoms with E-state index in [1.54, 1.807) is 38.1 Å². The lowest BCUT2D eigenvalue weighted by atomic mass is 10.2. The molecule has 0 saturated carbocycles. The minimum atomic E-state index is -3.23. The molecule has 2 N–H and O–H groups in total. The average molecular weight is 367 g/mol. The van der Waals surface area contributed by atoms with E-state index in [2.05, 4.69) is 5.32 Å². The number of anilines is 1. The van der Waals surface area contributed by atoms with Gasteiger partial charge in [-0.2, -0.15) is 0 Å². The van der Waals surface area contributed by atoms with E-state index in [-0.39, 0.29) is 15.5 Å². The molecule has 128 valence electrons. The number of carboxylic acids is 1. The summed E-state index contributed by atoms with van der Waals surface area (Å²) in [4.78, 5) is 23.3. The summed E-state index contributed by atoms with van der Waals surface area (Å²) in [5.74, 6) is -1.62. The molecule has 0 saturated heterocycles. The number of thiophene rings is 1. The Hall–Kier alpha value is -2.19. The minimum absolute atomic E-state index is 0.0805. The Balaban J connectivity index is 2.14. The summed E-state index contributed by atoms with van der Waals surface area (Å²) in [6.07, 6.45) is 0. The molecule has 0 aliphatic carbocycles. The lowest BCUT2D eigenvalue weighted by Crippen LogP contribution is -2.16. The SMILES string of the molecule is CC(C)S(=O)(=O)Cc1cccc(NC(=O)c2ccc(C(=O)O)s2)c1. The molecule has 0 fully saturated rings. The molecule has 6 nitrogen and oxygen atoms in total. The summed E-state index contributed by atoms with van der Waals surface area (Å²) < 4.78 is 24.0.